The third-order valence-corrected chi connectivity index (χ3v) is 5.03. The summed E-state index contributed by atoms with van der Waals surface area (Å²) < 4.78 is 6.64. The fraction of sp³-hybridized carbons (Fsp3) is 0.438. The quantitative estimate of drug-likeness (QED) is 0.575. The van der Waals surface area contributed by atoms with Crippen molar-refractivity contribution < 1.29 is 9.53 Å². The molecule has 0 saturated carbocycles. The minimum atomic E-state index is -0.548. The Bertz CT molecular complexity index is 629. The van der Waals surface area contributed by atoms with E-state index in [4.69, 9.17) is 4.74 Å². The second-order valence-electron chi connectivity index (χ2n) is 4.81. The number of thioether (sulfide) groups is 1. The number of aryl methyl sites for hydroxylation is 1. The number of anilines is 1. The van der Waals surface area contributed by atoms with Crippen LogP contribution in [-0.2, 0) is 11.2 Å². The zero-order valence-electron chi connectivity index (χ0n) is 13.5. The molecule has 0 bridgehead atoms. The van der Waals surface area contributed by atoms with Gasteiger partial charge >= 0.3 is 0 Å². The first-order valence-corrected chi connectivity index (χ1v) is 9.49. The van der Waals surface area contributed by atoms with Gasteiger partial charge in [-0.15, -0.1) is 10.2 Å². The molecular weight excluding hydrogens is 330 g/mol. The zero-order valence-corrected chi connectivity index (χ0v) is 15.2. The van der Waals surface area contributed by atoms with Gasteiger partial charge in [-0.05, 0) is 36.3 Å². The molecule has 0 saturated heterocycles. The monoisotopic (exact) mass is 351 g/mol. The van der Waals surface area contributed by atoms with Crippen LogP contribution < -0.4 is 10.1 Å². The molecule has 0 aliphatic carbocycles. The van der Waals surface area contributed by atoms with Crippen molar-refractivity contribution in [3.8, 4) is 5.75 Å². The van der Waals surface area contributed by atoms with Crippen molar-refractivity contribution in [3.63, 3.8) is 0 Å². The van der Waals surface area contributed by atoms with Crippen molar-refractivity contribution in [2.24, 2.45) is 0 Å². The number of nitrogens with one attached hydrogen (secondary N) is 1. The highest BCUT2D eigenvalue weighted by Crippen LogP contribution is 2.25. The molecule has 124 valence electrons. The van der Waals surface area contributed by atoms with E-state index in [0.717, 1.165) is 16.5 Å². The van der Waals surface area contributed by atoms with Gasteiger partial charge < -0.3 is 4.74 Å². The van der Waals surface area contributed by atoms with Crippen LogP contribution in [0.5, 0.6) is 5.75 Å². The van der Waals surface area contributed by atoms with Gasteiger partial charge in [0, 0.05) is 0 Å². The Hall–Kier alpha value is -1.60. The van der Waals surface area contributed by atoms with Gasteiger partial charge in [0.2, 0.25) is 5.13 Å². The normalized spacial score (nSPS) is 12.0. The third-order valence-electron chi connectivity index (χ3n) is 3.18. The van der Waals surface area contributed by atoms with Crippen LogP contribution in [0.15, 0.2) is 28.6 Å². The molecule has 0 aliphatic heterocycles. The van der Waals surface area contributed by atoms with E-state index in [0.29, 0.717) is 17.3 Å². The average molecular weight is 351 g/mol. The SMILES string of the molecule is CCSc1nnc(NC(=O)C(CC)Oc2ccc(CC)cc2)s1. The van der Waals surface area contributed by atoms with Gasteiger partial charge in [0.1, 0.15) is 5.75 Å². The van der Waals surface area contributed by atoms with E-state index in [-0.39, 0.29) is 5.91 Å². The summed E-state index contributed by atoms with van der Waals surface area (Å²) in [6.07, 6.45) is 1.01. The second-order valence-corrected chi connectivity index (χ2v) is 7.30. The predicted octanol–water partition coefficient (Wildman–Crippen LogP) is 4.01. The van der Waals surface area contributed by atoms with E-state index in [1.807, 2.05) is 31.2 Å². The van der Waals surface area contributed by atoms with Gasteiger partial charge in [-0.25, -0.2) is 0 Å². The van der Waals surface area contributed by atoms with Gasteiger partial charge in [-0.2, -0.15) is 0 Å². The van der Waals surface area contributed by atoms with Crippen LogP contribution >= 0.6 is 23.1 Å². The van der Waals surface area contributed by atoms with Crippen LogP contribution in [0.1, 0.15) is 32.8 Å². The molecule has 0 aliphatic rings. The molecule has 2 aromatic rings. The molecule has 0 spiro atoms. The molecule has 7 heteroatoms. The van der Waals surface area contributed by atoms with Crippen molar-refractivity contribution in [3.05, 3.63) is 29.8 Å². The van der Waals surface area contributed by atoms with Crippen molar-refractivity contribution in [2.45, 2.75) is 44.1 Å². The maximum absolute atomic E-state index is 12.3. The Labute approximate surface area is 144 Å². The van der Waals surface area contributed by atoms with Crippen LogP contribution in [0.4, 0.5) is 5.13 Å². The van der Waals surface area contributed by atoms with Crippen LogP contribution in [0.3, 0.4) is 0 Å². The van der Waals surface area contributed by atoms with E-state index in [2.05, 4.69) is 29.4 Å². The van der Waals surface area contributed by atoms with Gasteiger partial charge in [-0.1, -0.05) is 56.0 Å². The van der Waals surface area contributed by atoms with E-state index >= 15 is 0 Å². The van der Waals surface area contributed by atoms with Gasteiger partial charge in [-0.3, -0.25) is 10.1 Å². The minimum absolute atomic E-state index is 0.198. The standard InChI is InChI=1S/C16H21N3O2S2/c1-4-11-7-9-12(10-8-11)21-13(5-2)14(20)17-15-18-19-16(23-15)22-6-3/h7-10,13H,4-6H2,1-3H3,(H,17,18,20). The number of ether oxygens (including phenoxy) is 1. The van der Waals surface area contributed by atoms with Crippen LogP contribution in [0.2, 0.25) is 0 Å². The van der Waals surface area contributed by atoms with Crippen LogP contribution in [-0.4, -0.2) is 28.0 Å². The number of carbonyl (C=O) groups is 1. The summed E-state index contributed by atoms with van der Waals surface area (Å²) in [5.74, 6) is 1.43. The molecule has 0 fully saturated rings. The number of aromatic nitrogens is 2. The Morgan fingerprint density at radius 2 is 2.00 bits per heavy atom. The molecule has 23 heavy (non-hydrogen) atoms. The lowest BCUT2D eigenvalue weighted by molar-refractivity contribution is -0.122. The Morgan fingerprint density at radius 1 is 1.26 bits per heavy atom. The van der Waals surface area contributed by atoms with E-state index in [1.54, 1.807) is 11.8 Å². The Balaban J connectivity index is 1.96. The fourth-order valence-electron chi connectivity index (χ4n) is 1.92. The minimum Gasteiger partial charge on any atom is -0.481 e. The Morgan fingerprint density at radius 3 is 2.61 bits per heavy atom. The molecule has 5 nitrogen and oxygen atoms in total. The molecule has 1 heterocycles. The number of hydrogen-bond donors (Lipinski definition) is 1. The highest BCUT2D eigenvalue weighted by atomic mass is 32.2. The Kier molecular flexibility index (Phi) is 6.85. The van der Waals surface area contributed by atoms with Gasteiger partial charge in [0.25, 0.3) is 5.91 Å². The lowest BCUT2D eigenvalue weighted by Crippen LogP contribution is -2.32. The van der Waals surface area contributed by atoms with Gasteiger partial charge in [0.15, 0.2) is 10.4 Å². The summed E-state index contributed by atoms with van der Waals surface area (Å²) in [5, 5.41) is 11.3. The first-order valence-electron chi connectivity index (χ1n) is 7.69. The number of hydrogen-bond acceptors (Lipinski definition) is 6. The smallest absolute Gasteiger partial charge is 0.267 e. The first kappa shape index (κ1) is 17.7. The second kappa shape index (κ2) is 8.88. The molecule has 1 aromatic carbocycles. The zero-order chi connectivity index (χ0) is 16.7. The molecular formula is C16H21N3O2S2. The summed E-state index contributed by atoms with van der Waals surface area (Å²) >= 11 is 2.98. The fourth-order valence-corrected chi connectivity index (χ4v) is 3.57. The lowest BCUT2D eigenvalue weighted by atomic mass is 10.2. The summed E-state index contributed by atoms with van der Waals surface area (Å²) in [4.78, 5) is 12.3. The van der Waals surface area contributed by atoms with Crippen LogP contribution in [0.25, 0.3) is 0 Å². The molecule has 1 unspecified atom stereocenters. The average Bonchev–Trinajstić information content (AvgIpc) is 3.00. The van der Waals surface area contributed by atoms with Crippen molar-refractivity contribution in [1.82, 2.24) is 10.2 Å². The number of nitrogens with zero attached hydrogens (tertiary/aromatic N) is 2. The molecule has 1 atom stereocenters. The summed E-state index contributed by atoms with van der Waals surface area (Å²) in [5.41, 5.74) is 1.24. The number of amides is 1. The highest BCUT2D eigenvalue weighted by molar-refractivity contribution is 8.01. The maximum Gasteiger partial charge on any atom is 0.267 e. The molecule has 0 radical (unpaired) electrons. The predicted molar refractivity (Wildman–Crippen MR) is 95.5 cm³/mol. The van der Waals surface area contributed by atoms with E-state index < -0.39 is 6.10 Å². The molecule has 2 rings (SSSR count). The van der Waals surface area contributed by atoms with Crippen molar-refractivity contribution >= 4 is 34.1 Å². The summed E-state index contributed by atoms with van der Waals surface area (Å²) in [6.45, 7) is 6.07. The number of benzene rings is 1. The number of rotatable bonds is 8. The largest absolute Gasteiger partial charge is 0.481 e. The number of carbonyl (C=O) groups excluding carboxylic acids is 1. The van der Waals surface area contributed by atoms with Crippen molar-refractivity contribution in [2.75, 3.05) is 11.1 Å². The van der Waals surface area contributed by atoms with Crippen molar-refractivity contribution in [1.29, 1.82) is 0 Å². The first-order chi connectivity index (χ1) is 11.2. The molecule has 1 N–H and O–H groups in total. The third kappa shape index (κ3) is 5.21. The topological polar surface area (TPSA) is 64.1 Å². The van der Waals surface area contributed by atoms with E-state index in [9.17, 15) is 4.79 Å². The van der Waals surface area contributed by atoms with Gasteiger partial charge in [0.05, 0.1) is 0 Å². The summed E-state index contributed by atoms with van der Waals surface area (Å²) in [6, 6.07) is 7.82. The van der Waals surface area contributed by atoms with Crippen LogP contribution in [0, 0.1) is 0 Å². The molecule has 1 amide bonds. The summed E-state index contributed by atoms with van der Waals surface area (Å²) in [7, 11) is 0. The lowest BCUT2D eigenvalue weighted by Gasteiger charge is -2.16. The molecule has 1 aromatic heterocycles. The van der Waals surface area contributed by atoms with E-state index in [1.165, 1.54) is 16.9 Å². The maximum atomic E-state index is 12.3. The highest BCUT2D eigenvalue weighted by Gasteiger charge is 2.20.